The van der Waals surface area contributed by atoms with Crippen molar-refractivity contribution < 1.29 is 8.78 Å². The van der Waals surface area contributed by atoms with Crippen molar-refractivity contribution in [2.45, 2.75) is 25.4 Å². The molecule has 0 aliphatic carbocycles. The molecule has 2 nitrogen and oxygen atoms in total. The number of rotatable bonds is 3. The van der Waals surface area contributed by atoms with Crippen molar-refractivity contribution in [3.8, 4) is 0 Å². The van der Waals surface area contributed by atoms with Crippen LogP contribution < -0.4 is 0 Å². The molecule has 1 saturated heterocycles. The van der Waals surface area contributed by atoms with Gasteiger partial charge >= 0.3 is 0 Å². The summed E-state index contributed by atoms with van der Waals surface area (Å²) in [6.07, 6.45) is 3.86. The van der Waals surface area contributed by atoms with Crippen LogP contribution in [-0.4, -0.2) is 16.4 Å². The molecular weight excluding hydrogens is 306 g/mol. The smallest absolute Gasteiger partial charge is 0.124 e. The molecule has 0 radical (unpaired) electrons. The van der Waals surface area contributed by atoms with Crippen LogP contribution in [0.25, 0.3) is 10.9 Å². The zero-order valence-corrected chi connectivity index (χ0v) is 13.3. The maximum absolute atomic E-state index is 13.9. The summed E-state index contributed by atoms with van der Waals surface area (Å²) in [5.41, 5.74) is 2.87. The van der Waals surface area contributed by atoms with Crippen molar-refractivity contribution in [3.63, 3.8) is 0 Å². The molecule has 1 aromatic heterocycles. The number of benzene rings is 2. The minimum Gasteiger partial charge on any atom is -0.292 e. The van der Waals surface area contributed by atoms with E-state index in [1.54, 1.807) is 12.3 Å². The average molecular weight is 324 g/mol. The summed E-state index contributed by atoms with van der Waals surface area (Å²) in [7, 11) is 0. The predicted molar refractivity (Wildman–Crippen MR) is 90.5 cm³/mol. The van der Waals surface area contributed by atoms with Gasteiger partial charge in [-0.05, 0) is 60.8 Å². The van der Waals surface area contributed by atoms with E-state index in [0.29, 0.717) is 6.54 Å². The van der Waals surface area contributed by atoms with Gasteiger partial charge < -0.3 is 0 Å². The van der Waals surface area contributed by atoms with Crippen molar-refractivity contribution >= 4 is 10.9 Å². The number of hydrogen-bond acceptors (Lipinski definition) is 2. The quantitative estimate of drug-likeness (QED) is 0.684. The SMILES string of the molecule is Fc1ccc(C2CCCN2Cc2cc(F)cc3cccnc23)cc1. The van der Waals surface area contributed by atoms with Gasteiger partial charge in [-0.3, -0.25) is 9.88 Å². The number of fused-ring (bicyclic) bond motifs is 1. The van der Waals surface area contributed by atoms with Crippen LogP contribution in [0.15, 0.2) is 54.7 Å². The van der Waals surface area contributed by atoms with E-state index in [9.17, 15) is 8.78 Å². The third-order valence-electron chi connectivity index (χ3n) is 4.74. The van der Waals surface area contributed by atoms with Crippen LogP contribution >= 0.6 is 0 Å². The second-order valence-corrected chi connectivity index (χ2v) is 6.32. The maximum atomic E-state index is 13.9. The van der Waals surface area contributed by atoms with Crippen LogP contribution in [0.3, 0.4) is 0 Å². The second kappa shape index (κ2) is 6.29. The van der Waals surface area contributed by atoms with Gasteiger partial charge in [0.2, 0.25) is 0 Å². The summed E-state index contributed by atoms with van der Waals surface area (Å²) in [4.78, 5) is 6.76. The van der Waals surface area contributed by atoms with Gasteiger partial charge in [0.15, 0.2) is 0 Å². The number of nitrogens with zero attached hydrogens (tertiary/aromatic N) is 2. The van der Waals surface area contributed by atoms with E-state index >= 15 is 0 Å². The summed E-state index contributed by atoms with van der Waals surface area (Å²) in [6.45, 7) is 1.60. The molecule has 4 heteroatoms. The molecule has 3 aromatic rings. The summed E-state index contributed by atoms with van der Waals surface area (Å²) in [5.74, 6) is -0.452. The second-order valence-electron chi connectivity index (χ2n) is 6.32. The van der Waals surface area contributed by atoms with E-state index in [0.717, 1.165) is 41.4 Å². The van der Waals surface area contributed by atoms with Crippen molar-refractivity contribution in [3.05, 3.63) is 77.5 Å². The standard InChI is InChI=1S/C20H18F2N2/c21-17-7-5-14(6-8-17)19-4-2-10-24(19)13-16-12-18(22)11-15-3-1-9-23-20(15)16/h1,3,5-9,11-12,19H,2,4,10,13H2. The third-order valence-corrected chi connectivity index (χ3v) is 4.74. The number of aromatic nitrogens is 1. The number of halogens is 2. The van der Waals surface area contributed by atoms with Crippen molar-refractivity contribution in [1.82, 2.24) is 9.88 Å². The van der Waals surface area contributed by atoms with Crippen molar-refractivity contribution in [1.29, 1.82) is 0 Å². The average Bonchev–Trinajstić information content (AvgIpc) is 3.03. The van der Waals surface area contributed by atoms with Gasteiger partial charge in [-0.1, -0.05) is 18.2 Å². The third kappa shape index (κ3) is 2.89. The topological polar surface area (TPSA) is 16.1 Å². The zero-order valence-electron chi connectivity index (χ0n) is 13.3. The Kier molecular flexibility index (Phi) is 3.98. The molecule has 1 atom stereocenters. The first-order valence-corrected chi connectivity index (χ1v) is 8.23. The normalized spacial score (nSPS) is 18.3. The predicted octanol–water partition coefficient (Wildman–Crippen LogP) is 4.85. The highest BCUT2D eigenvalue weighted by Crippen LogP contribution is 2.34. The lowest BCUT2D eigenvalue weighted by Gasteiger charge is -2.25. The molecule has 1 fully saturated rings. The lowest BCUT2D eigenvalue weighted by molar-refractivity contribution is 0.249. The Bertz CT molecular complexity index is 861. The Balaban J connectivity index is 1.66. The highest BCUT2D eigenvalue weighted by molar-refractivity contribution is 5.81. The van der Waals surface area contributed by atoms with E-state index in [4.69, 9.17) is 0 Å². The van der Waals surface area contributed by atoms with Gasteiger partial charge in [0, 0.05) is 24.2 Å². The van der Waals surface area contributed by atoms with Gasteiger partial charge in [-0.25, -0.2) is 8.78 Å². The van der Waals surface area contributed by atoms with Gasteiger partial charge in [-0.2, -0.15) is 0 Å². The van der Waals surface area contributed by atoms with Crippen LogP contribution in [0.1, 0.15) is 30.0 Å². The Morgan fingerprint density at radius 1 is 1.04 bits per heavy atom. The van der Waals surface area contributed by atoms with E-state index in [2.05, 4.69) is 9.88 Å². The number of hydrogen-bond donors (Lipinski definition) is 0. The van der Waals surface area contributed by atoms with Crippen LogP contribution in [0.2, 0.25) is 0 Å². The van der Waals surface area contributed by atoms with Crippen molar-refractivity contribution in [2.24, 2.45) is 0 Å². The Morgan fingerprint density at radius 2 is 1.88 bits per heavy atom. The molecule has 2 heterocycles. The summed E-state index contributed by atoms with van der Waals surface area (Å²) >= 11 is 0. The molecule has 24 heavy (non-hydrogen) atoms. The Morgan fingerprint density at radius 3 is 2.71 bits per heavy atom. The molecule has 122 valence electrons. The fourth-order valence-electron chi connectivity index (χ4n) is 3.64. The monoisotopic (exact) mass is 324 g/mol. The molecule has 1 unspecified atom stereocenters. The highest BCUT2D eigenvalue weighted by Gasteiger charge is 2.26. The molecule has 0 amide bonds. The van der Waals surface area contributed by atoms with Gasteiger partial charge in [-0.15, -0.1) is 0 Å². The van der Waals surface area contributed by atoms with Crippen LogP contribution in [0.5, 0.6) is 0 Å². The molecular formula is C20H18F2N2. The van der Waals surface area contributed by atoms with Crippen LogP contribution in [0, 0.1) is 11.6 Å². The van der Waals surface area contributed by atoms with E-state index in [1.165, 1.54) is 18.2 Å². The lowest BCUT2D eigenvalue weighted by atomic mass is 10.0. The summed E-state index contributed by atoms with van der Waals surface area (Å²) < 4.78 is 27.1. The summed E-state index contributed by atoms with van der Waals surface area (Å²) in [5, 5.41) is 0.824. The molecule has 0 bridgehead atoms. The number of pyridine rings is 1. The maximum Gasteiger partial charge on any atom is 0.124 e. The van der Waals surface area contributed by atoms with Gasteiger partial charge in [0.25, 0.3) is 0 Å². The Hall–Kier alpha value is -2.33. The first kappa shape index (κ1) is 15.2. The highest BCUT2D eigenvalue weighted by atomic mass is 19.1. The number of likely N-dealkylation sites (tertiary alicyclic amines) is 1. The molecule has 1 aliphatic heterocycles. The van der Waals surface area contributed by atoms with E-state index in [1.807, 2.05) is 24.3 Å². The molecule has 0 spiro atoms. The van der Waals surface area contributed by atoms with Gasteiger partial charge in [0.1, 0.15) is 11.6 Å². The first-order chi connectivity index (χ1) is 11.7. The van der Waals surface area contributed by atoms with Gasteiger partial charge in [0.05, 0.1) is 5.52 Å². The van der Waals surface area contributed by atoms with Crippen LogP contribution in [0.4, 0.5) is 8.78 Å². The van der Waals surface area contributed by atoms with E-state index in [-0.39, 0.29) is 17.7 Å². The molecule has 0 saturated carbocycles. The molecule has 0 N–H and O–H groups in total. The lowest BCUT2D eigenvalue weighted by Crippen LogP contribution is -2.23. The molecule has 4 rings (SSSR count). The molecule has 2 aromatic carbocycles. The van der Waals surface area contributed by atoms with Crippen LogP contribution in [-0.2, 0) is 6.54 Å². The summed E-state index contributed by atoms with van der Waals surface area (Å²) in [6, 6.07) is 13.8. The van der Waals surface area contributed by atoms with Crippen molar-refractivity contribution in [2.75, 3.05) is 6.54 Å². The zero-order chi connectivity index (χ0) is 16.5. The minimum absolute atomic E-state index is 0.219. The fourth-order valence-corrected chi connectivity index (χ4v) is 3.64. The van der Waals surface area contributed by atoms with E-state index < -0.39 is 0 Å². The molecule has 1 aliphatic rings. The minimum atomic E-state index is -0.233. The first-order valence-electron chi connectivity index (χ1n) is 8.23. The largest absolute Gasteiger partial charge is 0.292 e. The fraction of sp³-hybridized carbons (Fsp3) is 0.250. The Labute approximate surface area is 139 Å².